The number of nitrogens with zero attached hydrogens (tertiary/aromatic N) is 4. The number of fused-ring (bicyclic) bond motifs is 1. The Morgan fingerprint density at radius 1 is 1.33 bits per heavy atom. The Kier molecular flexibility index (Phi) is 4.05. The summed E-state index contributed by atoms with van der Waals surface area (Å²) >= 11 is 0. The molecule has 0 aromatic carbocycles. The van der Waals surface area contributed by atoms with E-state index in [9.17, 15) is 4.79 Å². The lowest BCUT2D eigenvalue weighted by molar-refractivity contribution is -0.135. The second-order valence-electron chi connectivity index (χ2n) is 5.96. The van der Waals surface area contributed by atoms with Gasteiger partial charge in [0.05, 0.1) is 18.8 Å². The summed E-state index contributed by atoms with van der Waals surface area (Å²) in [5.74, 6) is 1.04. The van der Waals surface area contributed by atoms with Gasteiger partial charge in [0.25, 0.3) is 0 Å². The third-order valence-electron chi connectivity index (χ3n) is 4.42. The molecule has 1 saturated heterocycles. The van der Waals surface area contributed by atoms with E-state index >= 15 is 0 Å². The molecule has 0 unspecified atom stereocenters. The highest BCUT2D eigenvalue weighted by Gasteiger charge is 2.41. The van der Waals surface area contributed by atoms with Crippen LogP contribution < -0.4 is 4.90 Å². The summed E-state index contributed by atoms with van der Waals surface area (Å²) in [7, 11) is 3.65. The molecular weight excluding hydrogens is 268 g/mol. The SMILES string of the molecule is CN(C)C(=O)[C@H]1CC[C@H]2OCCN(c3ncccn3)[C@@H]2C1. The number of anilines is 1. The zero-order valence-corrected chi connectivity index (χ0v) is 12.6. The maximum Gasteiger partial charge on any atom is 0.225 e. The van der Waals surface area contributed by atoms with Crippen LogP contribution in [0.1, 0.15) is 19.3 Å². The van der Waals surface area contributed by atoms with Gasteiger partial charge >= 0.3 is 0 Å². The average Bonchev–Trinajstić information content (AvgIpc) is 2.53. The first-order valence-corrected chi connectivity index (χ1v) is 7.53. The molecule has 0 spiro atoms. The molecule has 114 valence electrons. The monoisotopic (exact) mass is 290 g/mol. The van der Waals surface area contributed by atoms with Crippen LogP contribution in [0.5, 0.6) is 0 Å². The normalized spacial score (nSPS) is 28.9. The first-order valence-electron chi connectivity index (χ1n) is 7.53. The van der Waals surface area contributed by atoms with E-state index in [2.05, 4.69) is 14.9 Å². The van der Waals surface area contributed by atoms with Crippen LogP contribution in [0.25, 0.3) is 0 Å². The van der Waals surface area contributed by atoms with Gasteiger partial charge < -0.3 is 14.5 Å². The molecule has 21 heavy (non-hydrogen) atoms. The van der Waals surface area contributed by atoms with E-state index in [-0.39, 0.29) is 24.0 Å². The summed E-state index contributed by atoms with van der Waals surface area (Å²) in [4.78, 5) is 24.9. The van der Waals surface area contributed by atoms with Crippen molar-refractivity contribution in [2.45, 2.75) is 31.4 Å². The van der Waals surface area contributed by atoms with Crippen LogP contribution in [0.2, 0.25) is 0 Å². The Bertz CT molecular complexity index is 494. The van der Waals surface area contributed by atoms with Crippen LogP contribution in [0, 0.1) is 5.92 Å². The van der Waals surface area contributed by atoms with E-state index in [0.29, 0.717) is 6.61 Å². The number of carbonyl (C=O) groups excluding carboxylic acids is 1. The predicted molar refractivity (Wildman–Crippen MR) is 78.9 cm³/mol. The van der Waals surface area contributed by atoms with Crippen LogP contribution in [0.3, 0.4) is 0 Å². The molecule has 1 aliphatic carbocycles. The number of hydrogen-bond donors (Lipinski definition) is 0. The zero-order chi connectivity index (χ0) is 14.8. The van der Waals surface area contributed by atoms with Gasteiger partial charge in [0.15, 0.2) is 0 Å². The van der Waals surface area contributed by atoms with Crippen LogP contribution >= 0.6 is 0 Å². The molecule has 1 aromatic rings. The van der Waals surface area contributed by atoms with Crippen molar-refractivity contribution in [1.29, 1.82) is 0 Å². The largest absolute Gasteiger partial charge is 0.374 e. The number of rotatable bonds is 2. The molecule has 2 heterocycles. The first-order chi connectivity index (χ1) is 10.2. The molecule has 1 aromatic heterocycles. The van der Waals surface area contributed by atoms with Crippen LogP contribution in [0.4, 0.5) is 5.95 Å². The lowest BCUT2D eigenvalue weighted by Crippen LogP contribution is -2.56. The maximum atomic E-state index is 12.3. The fourth-order valence-electron chi connectivity index (χ4n) is 3.39. The predicted octanol–water partition coefficient (Wildman–Crippen LogP) is 0.939. The standard InChI is InChI=1S/C15H22N4O2/c1-18(2)14(20)11-4-5-13-12(10-11)19(8-9-21-13)15-16-6-3-7-17-15/h3,6-7,11-13H,4-5,8-10H2,1-2H3/t11-,12+,13+/m0/s1. The van der Waals surface area contributed by atoms with Gasteiger partial charge in [-0.3, -0.25) is 4.79 Å². The van der Waals surface area contributed by atoms with E-state index in [1.165, 1.54) is 0 Å². The van der Waals surface area contributed by atoms with Gasteiger partial charge in [0, 0.05) is 39.0 Å². The fraction of sp³-hybridized carbons (Fsp3) is 0.667. The molecule has 3 rings (SSSR count). The summed E-state index contributed by atoms with van der Waals surface area (Å²) in [5.41, 5.74) is 0. The number of hydrogen-bond acceptors (Lipinski definition) is 5. The van der Waals surface area contributed by atoms with E-state index < -0.39 is 0 Å². The summed E-state index contributed by atoms with van der Waals surface area (Å²) in [5, 5.41) is 0. The minimum atomic E-state index is 0.0779. The molecular formula is C15H22N4O2. The highest BCUT2D eigenvalue weighted by atomic mass is 16.5. The fourth-order valence-corrected chi connectivity index (χ4v) is 3.39. The van der Waals surface area contributed by atoms with Crippen molar-refractivity contribution in [3.63, 3.8) is 0 Å². The van der Waals surface area contributed by atoms with Crippen LogP contribution in [-0.4, -0.2) is 60.2 Å². The van der Waals surface area contributed by atoms with Gasteiger partial charge in [-0.15, -0.1) is 0 Å². The molecule has 1 saturated carbocycles. The molecule has 1 aliphatic heterocycles. The molecule has 0 radical (unpaired) electrons. The second kappa shape index (κ2) is 5.97. The molecule has 2 aliphatic rings. The molecule has 0 bridgehead atoms. The summed E-state index contributed by atoms with van der Waals surface area (Å²) in [6.45, 7) is 1.49. The average molecular weight is 290 g/mol. The third-order valence-corrected chi connectivity index (χ3v) is 4.42. The van der Waals surface area contributed by atoms with Crippen molar-refractivity contribution < 1.29 is 9.53 Å². The maximum absolute atomic E-state index is 12.3. The minimum Gasteiger partial charge on any atom is -0.374 e. The van der Waals surface area contributed by atoms with Crippen molar-refractivity contribution in [2.24, 2.45) is 5.92 Å². The summed E-state index contributed by atoms with van der Waals surface area (Å²) in [6.07, 6.45) is 6.37. The van der Waals surface area contributed by atoms with E-state index in [1.54, 1.807) is 17.3 Å². The van der Waals surface area contributed by atoms with E-state index in [1.807, 2.05) is 20.2 Å². The van der Waals surface area contributed by atoms with Crippen LogP contribution in [-0.2, 0) is 9.53 Å². The Balaban J connectivity index is 1.79. The molecule has 6 nitrogen and oxygen atoms in total. The van der Waals surface area contributed by atoms with Gasteiger partial charge in [-0.25, -0.2) is 9.97 Å². The molecule has 3 atom stereocenters. The first kappa shape index (κ1) is 14.3. The molecule has 6 heteroatoms. The Labute approximate surface area is 125 Å². The quantitative estimate of drug-likeness (QED) is 0.811. The number of carbonyl (C=O) groups is 1. The number of amides is 1. The summed E-state index contributed by atoms with van der Waals surface area (Å²) < 4.78 is 5.90. The van der Waals surface area contributed by atoms with Crippen molar-refractivity contribution >= 4 is 11.9 Å². The lowest BCUT2D eigenvalue weighted by Gasteiger charge is -2.45. The highest BCUT2D eigenvalue weighted by Crippen LogP contribution is 2.34. The highest BCUT2D eigenvalue weighted by molar-refractivity contribution is 5.78. The smallest absolute Gasteiger partial charge is 0.225 e. The Morgan fingerprint density at radius 2 is 2.10 bits per heavy atom. The van der Waals surface area contributed by atoms with Crippen molar-refractivity contribution in [3.8, 4) is 0 Å². The third kappa shape index (κ3) is 2.85. The lowest BCUT2D eigenvalue weighted by atomic mass is 9.81. The second-order valence-corrected chi connectivity index (χ2v) is 5.96. The number of aromatic nitrogens is 2. The minimum absolute atomic E-state index is 0.0779. The Morgan fingerprint density at radius 3 is 2.81 bits per heavy atom. The van der Waals surface area contributed by atoms with Crippen molar-refractivity contribution in [2.75, 3.05) is 32.1 Å². The van der Waals surface area contributed by atoms with Gasteiger partial charge in [-0.1, -0.05) is 0 Å². The molecule has 1 amide bonds. The molecule has 0 N–H and O–H groups in total. The zero-order valence-electron chi connectivity index (χ0n) is 12.6. The Hall–Kier alpha value is -1.69. The van der Waals surface area contributed by atoms with Crippen LogP contribution in [0.15, 0.2) is 18.5 Å². The number of morpholine rings is 1. The van der Waals surface area contributed by atoms with Crippen molar-refractivity contribution in [1.82, 2.24) is 14.9 Å². The molecule has 2 fully saturated rings. The van der Waals surface area contributed by atoms with E-state index in [4.69, 9.17) is 4.74 Å². The van der Waals surface area contributed by atoms with Gasteiger partial charge in [0.1, 0.15) is 0 Å². The topological polar surface area (TPSA) is 58.6 Å². The van der Waals surface area contributed by atoms with E-state index in [0.717, 1.165) is 31.8 Å². The summed E-state index contributed by atoms with van der Waals surface area (Å²) in [6, 6.07) is 2.02. The number of ether oxygens (including phenoxy) is 1. The van der Waals surface area contributed by atoms with Gasteiger partial charge in [0.2, 0.25) is 11.9 Å². The van der Waals surface area contributed by atoms with Gasteiger partial charge in [-0.2, -0.15) is 0 Å². The van der Waals surface area contributed by atoms with Crippen molar-refractivity contribution in [3.05, 3.63) is 18.5 Å². The van der Waals surface area contributed by atoms with Gasteiger partial charge in [-0.05, 0) is 25.3 Å².